The molecule has 0 bridgehead atoms. The van der Waals surface area contributed by atoms with E-state index in [4.69, 9.17) is 4.74 Å². The largest absolute Gasteiger partial charge is 0.494 e. The lowest BCUT2D eigenvalue weighted by molar-refractivity contribution is 0.302. The molecule has 0 fully saturated rings. The molecule has 0 amide bonds. The lowest BCUT2D eigenvalue weighted by Crippen LogP contribution is -2.24. The third-order valence-corrected chi connectivity index (χ3v) is 5.37. The Morgan fingerprint density at radius 3 is 2.62 bits per heavy atom. The summed E-state index contributed by atoms with van der Waals surface area (Å²) in [4.78, 5) is 19.4. The van der Waals surface area contributed by atoms with E-state index in [9.17, 15) is 4.79 Å². The first kappa shape index (κ1) is 16.7. The number of hydrogen-bond acceptors (Lipinski definition) is 4. The monoisotopic (exact) mass is 342 g/mol. The van der Waals surface area contributed by atoms with E-state index in [0.29, 0.717) is 13.2 Å². The van der Waals surface area contributed by atoms with Crippen LogP contribution in [0.5, 0.6) is 5.75 Å². The van der Waals surface area contributed by atoms with Crippen molar-refractivity contribution < 1.29 is 4.74 Å². The van der Waals surface area contributed by atoms with Gasteiger partial charge >= 0.3 is 0 Å². The normalized spacial score (nSPS) is 11.1. The molecule has 126 valence electrons. The third-order valence-electron chi connectivity index (χ3n) is 4.27. The van der Waals surface area contributed by atoms with Gasteiger partial charge in [-0.3, -0.25) is 9.36 Å². The molecule has 5 heteroatoms. The molecule has 0 saturated carbocycles. The van der Waals surface area contributed by atoms with E-state index < -0.39 is 0 Å². The van der Waals surface area contributed by atoms with Gasteiger partial charge in [-0.15, -0.1) is 11.3 Å². The van der Waals surface area contributed by atoms with Gasteiger partial charge in [-0.1, -0.05) is 18.2 Å². The molecular weight excluding hydrogens is 320 g/mol. The first-order valence-corrected chi connectivity index (χ1v) is 9.04. The molecule has 0 aliphatic carbocycles. The van der Waals surface area contributed by atoms with Gasteiger partial charge in [-0.2, -0.15) is 0 Å². The number of hydrogen-bond donors (Lipinski definition) is 0. The number of benzene rings is 1. The molecule has 0 spiro atoms. The van der Waals surface area contributed by atoms with Crippen LogP contribution in [0.2, 0.25) is 0 Å². The second-order valence-corrected chi connectivity index (χ2v) is 7.15. The van der Waals surface area contributed by atoms with Gasteiger partial charge in [-0.05, 0) is 51.3 Å². The fourth-order valence-corrected chi connectivity index (χ4v) is 3.84. The smallest absolute Gasteiger partial charge is 0.262 e. The first-order valence-electron chi connectivity index (χ1n) is 8.23. The molecular formula is C19H22N2O2S. The van der Waals surface area contributed by atoms with Crippen molar-refractivity contribution in [3.8, 4) is 5.75 Å². The number of para-hydroxylation sites is 1. The summed E-state index contributed by atoms with van der Waals surface area (Å²) in [6, 6.07) is 9.80. The number of thiophene rings is 1. The Morgan fingerprint density at radius 2 is 1.88 bits per heavy atom. The summed E-state index contributed by atoms with van der Waals surface area (Å²) in [5, 5.41) is 0.781. The highest BCUT2D eigenvalue weighted by Gasteiger charge is 2.14. The number of rotatable bonds is 6. The standard InChI is InChI=1S/C19H22N2O2S/c1-13-14(2)24-18-17(13)19(22)21(15(3)20-18)11-7-8-12-23-16-9-5-4-6-10-16/h4-6,9-10H,7-8,11-12H2,1-3H3. The van der Waals surface area contributed by atoms with Crippen LogP contribution in [0, 0.1) is 20.8 Å². The molecule has 0 radical (unpaired) electrons. The molecule has 2 aromatic heterocycles. The zero-order chi connectivity index (χ0) is 17.1. The maximum Gasteiger partial charge on any atom is 0.262 e. The van der Waals surface area contributed by atoms with Crippen LogP contribution in [0.3, 0.4) is 0 Å². The van der Waals surface area contributed by atoms with Crippen molar-refractivity contribution in [1.82, 2.24) is 9.55 Å². The van der Waals surface area contributed by atoms with Crippen molar-refractivity contribution in [2.45, 2.75) is 40.2 Å². The fraction of sp³-hybridized carbons (Fsp3) is 0.368. The topological polar surface area (TPSA) is 44.1 Å². The van der Waals surface area contributed by atoms with Crippen LogP contribution < -0.4 is 10.3 Å². The van der Waals surface area contributed by atoms with E-state index in [1.54, 1.807) is 15.9 Å². The van der Waals surface area contributed by atoms with Crippen LogP contribution in [0.15, 0.2) is 35.1 Å². The van der Waals surface area contributed by atoms with E-state index in [1.807, 2.05) is 51.1 Å². The summed E-state index contributed by atoms with van der Waals surface area (Å²) in [6.45, 7) is 7.29. The maximum absolute atomic E-state index is 12.8. The average Bonchev–Trinajstić information content (AvgIpc) is 2.85. The van der Waals surface area contributed by atoms with Gasteiger partial charge in [0.15, 0.2) is 0 Å². The molecule has 0 aliphatic rings. The predicted octanol–water partition coefficient (Wildman–Crippen LogP) is 4.24. The van der Waals surface area contributed by atoms with Crippen LogP contribution in [-0.2, 0) is 6.54 Å². The summed E-state index contributed by atoms with van der Waals surface area (Å²) in [7, 11) is 0. The zero-order valence-corrected chi connectivity index (χ0v) is 15.2. The van der Waals surface area contributed by atoms with Crippen molar-refractivity contribution in [1.29, 1.82) is 0 Å². The van der Waals surface area contributed by atoms with E-state index >= 15 is 0 Å². The minimum atomic E-state index is 0.0864. The van der Waals surface area contributed by atoms with Gasteiger partial charge in [0, 0.05) is 11.4 Å². The number of aryl methyl sites for hydroxylation is 3. The minimum Gasteiger partial charge on any atom is -0.494 e. The van der Waals surface area contributed by atoms with Crippen molar-refractivity contribution >= 4 is 21.6 Å². The summed E-state index contributed by atoms with van der Waals surface area (Å²) >= 11 is 1.60. The molecule has 0 N–H and O–H groups in total. The molecule has 3 aromatic rings. The summed E-state index contributed by atoms with van der Waals surface area (Å²) in [6.07, 6.45) is 1.80. The zero-order valence-electron chi connectivity index (χ0n) is 14.3. The van der Waals surface area contributed by atoms with Crippen molar-refractivity contribution in [3.63, 3.8) is 0 Å². The Kier molecular flexibility index (Phi) is 5.00. The lowest BCUT2D eigenvalue weighted by atomic mass is 10.2. The number of aromatic nitrogens is 2. The Bertz CT molecular complexity index is 897. The van der Waals surface area contributed by atoms with Crippen LogP contribution >= 0.6 is 11.3 Å². The third kappa shape index (κ3) is 3.36. The minimum absolute atomic E-state index is 0.0864. The van der Waals surface area contributed by atoms with Crippen LogP contribution in [0.25, 0.3) is 10.2 Å². The van der Waals surface area contributed by atoms with Gasteiger partial charge in [0.05, 0.1) is 12.0 Å². The van der Waals surface area contributed by atoms with Gasteiger partial charge in [0.1, 0.15) is 16.4 Å². The SMILES string of the molecule is Cc1sc2nc(C)n(CCCCOc3ccccc3)c(=O)c2c1C. The molecule has 0 aliphatic heterocycles. The fourth-order valence-electron chi connectivity index (χ4n) is 2.77. The number of nitrogens with zero attached hydrogens (tertiary/aromatic N) is 2. The Balaban J connectivity index is 1.65. The molecule has 2 heterocycles. The van der Waals surface area contributed by atoms with E-state index in [0.717, 1.165) is 40.2 Å². The number of unbranched alkanes of at least 4 members (excludes halogenated alkanes) is 1. The Labute approximate surface area is 145 Å². The van der Waals surface area contributed by atoms with Crippen molar-refractivity contribution in [3.05, 3.63) is 57.0 Å². The van der Waals surface area contributed by atoms with Crippen molar-refractivity contribution in [2.75, 3.05) is 6.61 Å². The molecule has 4 nitrogen and oxygen atoms in total. The Morgan fingerprint density at radius 1 is 1.12 bits per heavy atom. The molecule has 24 heavy (non-hydrogen) atoms. The number of ether oxygens (including phenoxy) is 1. The van der Waals surface area contributed by atoms with Crippen LogP contribution in [-0.4, -0.2) is 16.2 Å². The number of fused-ring (bicyclic) bond motifs is 1. The molecule has 3 rings (SSSR count). The van der Waals surface area contributed by atoms with Gasteiger partial charge in [0.2, 0.25) is 0 Å². The summed E-state index contributed by atoms with van der Waals surface area (Å²) in [5.41, 5.74) is 1.15. The second-order valence-electron chi connectivity index (χ2n) is 5.95. The molecule has 0 unspecified atom stereocenters. The van der Waals surface area contributed by atoms with Gasteiger partial charge < -0.3 is 4.74 Å². The predicted molar refractivity (Wildman–Crippen MR) is 99.3 cm³/mol. The van der Waals surface area contributed by atoms with Crippen molar-refractivity contribution in [2.24, 2.45) is 0 Å². The van der Waals surface area contributed by atoms with E-state index in [-0.39, 0.29) is 5.56 Å². The van der Waals surface area contributed by atoms with E-state index in [2.05, 4.69) is 4.98 Å². The average molecular weight is 342 g/mol. The highest BCUT2D eigenvalue weighted by Crippen LogP contribution is 2.26. The van der Waals surface area contributed by atoms with E-state index in [1.165, 1.54) is 4.88 Å². The first-order chi connectivity index (χ1) is 11.6. The lowest BCUT2D eigenvalue weighted by Gasteiger charge is -2.10. The quantitative estimate of drug-likeness (QED) is 0.629. The van der Waals surface area contributed by atoms with Gasteiger partial charge in [-0.25, -0.2) is 4.98 Å². The highest BCUT2D eigenvalue weighted by atomic mass is 32.1. The van der Waals surface area contributed by atoms with Crippen LogP contribution in [0.1, 0.15) is 29.1 Å². The van der Waals surface area contributed by atoms with Gasteiger partial charge in [0.25, 0.3) is 5.56 Å². The maximum atomic E-state index is 12.8. The summed E-state index contributed by atoms with van der Waals surface area (Å²) in [5.74, 6) is 1.68. The highest BCUT2D eigenvalue weighted by molar-refractivity contribution is 7.18. The summed E-state index contributed by atoms with van der Waals surface area (Å²) < 4.78 is 7.49. The van der Waals surface area contributed by atoms with Crippen LogP contribution in [0.4, 0.5) is 0 Å². The molecule has 0 saturated heterocycles. The second kappa shape index (κ2) is 7.18. The Hall–Kier alpha value is -2.14. The molecule has 1 aromatic carbocycles. The molecule has 0 atom stereocenters.